The van der Waals surface area contributed by atoms with Gasteiger partial charge in [0, 0.05) is 26.2 Å². The van der Waals surface area contributed by atoms with E-state index in [0.717, 1.165) is 37.1 Å². The summed E-state index contributed by atoms with van der Waals surface area (Å²) in [4.78, 5) is 27.0. The highest BCUT2D eigenvalue weighted by Gasteiger charge is 2.31. The summed E-state index contributed by atoms with van der Waals surface area (Å²) in [6.45, 7) is 5.25. The number of carbonyl (C=O) groups excluding carboxylic acids is 2. The van der Waals surface area contributed by atoms with Crippen LogP contribution in [-0.2, 0) is 16.1 Å². The smallest absolute Gasteiger partial charge is 0.237 e. The minimum absolute atomic E-state index is 0.0554. The Bertz CT molecular complexity index is 715. The number of benzene rings is 1. The van der Waals surface area contributed by atoms with Gasteiger partial charge >= 0.3 is 0 Å². The number of nitrogens with zero attached hydrogens (tertiary/aromatic N) is 1. The third-order valence-electron chi connectivity index (χ3n) is 5.59. The van der Waals surface area contributed by atoms with Gasteiger partial charge in [0.1, 0.15) is 5.75 Å². The van der Waals surface area contributed by atoms with Crippen LogP contribution < -0.4 is 15.4 Å². The van der Waals surface area contributed by atoms with E-state index in [2.05, 4.69) is 21.6 Å². The lowest BCUT2D eigenvalue weighted by Crippen LogP contribution is -2.56. The summed E-state index contributed by atoms with van der Waals surface area (Å²) in [6.07, 6.45) is 8.26. The van der Waals surface area contributed by atoms with Crippen LogP contribution >= 0.6 is 0 Å². The Kier molecular flexibility index (Phi) is 8.11. The van der Waals surface area contributed by atoms with E-state index >= 15 is 0 Å². The van der Waals surface area contributed by atoms with Crippen LogP contribution in [0.1, 0.15) is 51.0 Å². The predicted molar refractivity (Wildman–Crippen MR) is 114 cm³/mol. The van der Waals surface area contributed by atoms with Gasteiger partial charge in [0.25, 0.3) is 0 Å². The number of rotatable bonds is 9. The number of hydrogen-bond acceptors (Lipinski definition) is 4. The van der Waals surface area contributed by atoms with Crippen molar-refractivity contribution in [2.75, 3.05) is 26.2 Å². The monoisotopic (exact) mass is 399 g/mol. The molecule has 2 aliphatic rings. The lowest BCUT2D eigenvalue weighted by atomic mass is 9.97. The van der Waals surface area contributed by atoms with Crippen molar-refractivity contribution < 1.29 is 14.3 Å². The van der Waals surface area contributed by atoms with E-state index in [1.54, 1.807) is 0 Å². The third kappa shape index (κ3) is 6.60. The van der Waals surface area contributed by atoms with Gasteiger partial charge in [0.2, 0.25) is 11.8 Å². The Hall–Kier alpha value is -2.34. The number of nitrogens with one attached hydrogen (secondary N) is 2. The molecule has 0 unspecified atom stereocenters. The van der Waals surface area contributed by atoms with Crippen molar-refractivity contribution >= 4 is 11.8 Å². The quantitative estimate of drug-likeness (QED) is 0.627. The van der Waals surface area contributed by atoms with E-state index in [-0.39, 0.29) is 18.2 Å². The highest BCUT2D eigenvalue weighted by Crippen LogP contribution is 2.20. The molecule has 1 aliphatic heterocycles. The fraction of sp³-hybridized carbons (Fsp3) is 0.565. The summed E-state index contributed by atoms with van der Waals surface area (Å²) in [5.74, 6) is 0.726. The second-order valence-corrected chi connectivity index (χ2v) is 7.77. The van der Waals surface area contributed by atoms with Crippen LogP contribution in [-0.4, -0.2) is 49.0 Å². The minimum Gasteiger partial charge on any atom is -0.494 e. The van der Waals surface area contributed by atoms with Crippen molar-refractivity contribution in [3.05, 3.63) is 41.5 Å². The summed E-state index contributed by atoms with van der Waals surface area (Å²) >= 11 is 0. The van der Waals surface area contributed by atoms with Crippen molar-refractivity contribution in [1.82, 2.24) is 15.5 Å². The Balaban J connectivity index is 1.51. The van der Waals surface area contributed by atoms with Crippen molar-refractivity contribution in [2.24, 2.45) is 0 Å². The average Bonchev–Trinajstić information content (AvgIpc) is 2.73. The number of amides is 2. The molecule has 2 amide bonds. The van der Waals surface area contributed by atoms with Gasteiger partial charge in [-0.2, -0.15) is 0 Å². The van der Waals surface area contributed by atoms with Gasteiger partial charge < -0.3 is 15.4 Å². The van der Waals surface area contributed by atoms with Crippen LogP contribution in [0.15, 0.2) is 35.9 Å². The van der Waals surface area contributed by atoms with E-state index in [1.165, 1.54) is 18.4 Å². The first kappa shape index (κ1) is 21.4. The number of ether oxygens (including phenoxy) is 1. The molecule has 1 heterocycles. The molecule has 1 aliphatic carbocycles. The summed E-state index contributed by atoms with van der Waals surface area (Å²) in [6, 6.07) is 7.51. The lowest BCUT2D eigenvalue weighted by Gasteiger charge is -2.34. The van der Waals surface area contributed by atoms with Crippen molar-refractivity contribution in [2.45, 2.75) is 58.0 Å². The molecule has 158 valence electrons. The molecule has 0 bridgehead atoms. The largest absolute Gasteiger partial charge is 0.494 e. The topological polar surface area (TPSA) is 70.7 Å². The highest BCUT2D eigenvalue weighted by molar-refractivity contribution is 5.88. The summed E-state index contributed by atoms with van der Waals surface area (Å²) < 4.78 is 5.49. The van der Waals surface area contributed by atoms with E-state index in [1.807, 2.05) is 31.2 Å². The molecule has 6 heteroatoms. The van der Waals surface area contributed by atoms with Gasteiger partial charge in [-0.25, -0.2) is 0 Å². The van der Waals surface area contributed by atoms with Crippen LogP contribution in [0.2, 0.25) is 0 Å². The van der Waals surface area contributed by atoms with Crippen LogP contribution in [0.3, 0.4) is 0 Å². The number of hydrogen-bond donors (Lipinski definition) is 2. The van der Waals surface area contributed by atoms with E-state index in [9.17, 15) is 9.59 Å². The maximum Gasteiger partial charge on any atom is 0.237 e. The fourth-order valence-corrected chi connectivity index (χ4v) is 4.01. The number of carbonyl (C=O) groups is 2. The maximum absolute atomic E-state index is 12.5. The second kappa shape index (κ2) is 11.0. The molecule has 29 heavy (non-hydrogen) atoms. The van der Waals surface area contributed by atoms with E-state index in [4.69, 9.17) is 4.74 Å². The third-order valence-corrected chi connectivity index (χ3v) is 5.59. The first-order valence-corrected chi connectivity index (χ1v) is 10.8. The van der Waals surface area contributed by atoms with Crippen molar-refractivity contribution in [3.63, 3.8) is 0 Å². The van der Waals surface area contributed by atoms with Crippen molar-refractivity contribution in [3.8, 4) is 5.75 Å². The summed E-state index contributed by atoms with van der Waals surface area (Å²) in [5.41, 5.74) is 2.56. The molecule has 1 fully saturated rings. The standard InChI is InChI=1S/C23H33N3O3/c1-2-29-20-10-8-19(9-11-20)17-26-15-14-25-23(28)21(26)16-22(27)24-13-12-18-6-4-3-5-7-18/h6,8-11,21H,2-5,7,12-17H2,1H3,(H,24,27)(H,25,28)/t21-/m1/s1. The zero-order chi connectivity index (χ0) is 20.5. The second-order valence-electron chi connectivity index (χ2n) is 7.77. The molecule has 2 N–H and O–H groups in total. The number of piperazine rings is 1. The molecule has 6 nitrogen and oxygen atoms in total. The molecular formula is C23H33N3O3. The van der Waals surface area contributed by atoms with Crippen LogP contribution in [0, 0.1) is 0 Å². The maximum atomic E-state index is 12.5. The zero-order valence-corrected chi connectivity index (χ0v) is 17.4. The summed E-state index contributed by atoms with van der Waals surface area (Å²) in [5, 5.41) is 5.90. The van der Waals surface area contributed by atoms with E-state index in [0.29, 0.717) is 26.2 Å². The minimum atomic E-state index is -0.427. The van der Waals surface area contributed by atoms with Crippen LogP contribution in [0.5, 0.6) is 5.75 Å². The van der Waals surface area contributed by atoms with Crippen LogP contribution in [0.4, 0.5) is 0 Å². The predicted octanol–water partition coefficient (Wildman–Crippen LogP) is 2.78. The molecule has 0 spiro atoms. The first-order valence-electron chi connectivity index (χ1n) is 10.8. The zero-order valence-electron chi connectivity index (χ0n) is 17.4. The van der Waals surface area contributed by atoms with Gasteiger partial charge in [-0.05, 0) is 56.7 Å². The number of allylic oxidation sites excluding steroid dienone is 1. The molecule has 1 saturated heterocycles. The molecule has 3 rings (SSSR count). The fourth-order valence-electron chi connectivity index (χ4n) is 4.01. The molecule has 0 radical (unpaired) electrons. The molecular weight excluding hydrogens is 366 g/mol. The molecule has 1 aromatic rings. The van der Waals surface area contributed by atoms with Gasteiger partial charge in [0.15, 0.2) is 0 Å². The lowest BCUT2D eigenvalue weighted by molar-refractivity contribution is -0.134. The van der Waals surface area contributed by atoms with Crippen molar-refractivity contribution in [1.29, 1.82) is 0 Å². The molecule has 1 atom stereocenters. The molecule has 0 saturated carbocycles. The van der Waals surface area contributed by atoms with Gasteiger partial charge in [-0.1, -0.05) is 23.8 Å². The van der Waals surface area contributed by atoms with Gasteiger partial charge in [0.05, 0.1) is 19.1 Å². The summed E-state index contributed by atoms with van der Waals surface area (Å²) in [7, 11) is 0. The first-order chi connectivity index (χ1) is 14.2. The van der Waals surface area contributed by atoms with Gasteiger partial charge in [-0.15, -0.1) is 0 Å². The Morgan fingerprint density at radius 2 is 2.10 bits per heavy atom. The average molecular weight is 400 g/mol. The Morgan fingerprint density at radius 3 is 2.83 bits per heavy atom. The molecule has 1 aromatic carbocycles. The highest BCUT2D eigenvalue weighted by atomic mass is 16.5. The van der Waals surface area contributed by atoms with E-state index < -0.39 is 6.04 Å². The Labute approximate surface area is 173 Å². The SMILES string of the molecule is CCOc1ccc(CN2CCNC(=O)[C@H]2CC(=O)NCCC2=CCCCC2)cc1. The van der Waals surface area contributed by atoms with Gasteiger partial charge in [-0.3, -0.25) is 14.5 Å². The molecule has 0 aromatic heterocycles. The normalized spacial score (nSPS) is 20.0. The van der Waals surface area contributed by atoms with Crippen LogP contribution in [0.25, 0.3) is 0 Å². The Morgan fingerprint density at radius 1 is 1.28 bits per heavy atom.